The highest BCUT2D eigenvalue weighted by Gasteiger charge is 2.16. The molecular formula is C18H29N3O3S. The second kappa shape index (κ2) is 10.5. The summed E-state index contributed by atoms with van der Waals surface area (Å²) in [4.78, 5) is 14.2. The van der Waals surface area contributed by atoms with Crippen LogP contribution in [0.3, 0.4) is 0 Å². The fourth-order valence-corrected chi connectivity index (χ4v) is 4.16. The number of hydrogen-bond donors (Lipinski definition) is 2. The Morgan fingerprint density at radius 2 is 1.84 bits per heavy atom. The van der Waals surface area contributed by atoms with E-state index in [9.17, 15) is 13.2 Å². The van der Waals surface area contributed by atoms with Gasteiger partial charge in [0.05, 0.1) is 5.75 Å². The van der Waals surface area contributed by atoms with Gasteiger partial charge in [-0.3, -0.25) is 4.79 Å². The number of rotatable bonds is 10. The van der Waals surface area contributed by atoms with Crippen LogP contribution in [-0.4, -0.2) is 70.0 Å². The molecule has 140 valence electrons. The third kappa shape index (κ3) is 8.47. The lowest BCUT2D eigenvalue weighted by molar-refractivity contribution is -0.118. The summed E-state index contributed by atoms with van der Waals surface area (Å²) in [7, 11) is -3.34. The van der Waals surface area contributed by atoms with Gasteiger partial charge in [0.1, 0.15) is 5.75 Å². The fraction of sp³-hybridized carbons (Fsp3) is 0.611. The highest BCUT2D eigenvalue weighted by molar-refractivity contribution is 7.92. The summed E-state index contributed by atoms with van der Waals surface area (Å²) in [6.07, 6.45) is 2.11. The van der Waals surface area contributed by atoms with Crippen LogP contribution in [0, 0.1) is 0 Å². The van der Waals surface area contributed by atoms with Crippen molar-refractivity contribution in [1.29, 1.82) is 0 Å². The molecule has 1 aliphatic heterocycles. The third-order valence-electron chi connectivity index (χ3n) is 4.30. The average molecular weight is 368 g/mol. The normalized spacial score (nSPS) is 15.8. The Kier molecular flexibility index (Phi) is 8.37. The van der Waals surface area contributed by atoms with Crippen molar-refractivity contribution in [3.05, 3.63) is 35.9 Å². The first-order valence-corrected chi connectivity index (χ1v) is 10.8. The van der Waals surface area contributed by atoms with Crippen molar-refractivity contribution in [2.24, 2.45) is 0 Å². The van der Waals surface area contributed by atoms with E-state index in [1.165, 1.54) is 0 Å². The molecule has 0 aromatic heterocycles. The van der Waals surface area contributed by atoms with Crippen molar-refractivity contribution in [2.75, 3.05) is 50.8 Å². The number of carbonyl (C=O) groups is 1. The molecule has 0 saturated carbocycles. The summed E-state index contributed by atoms with van der Waals surface area (Å²) >= 11 is 0. The molecule has 0 radical (unpaired) electrons. The molecule has 6 nitrogen and oxygen atoms in total. The van der Waals surface area contributed by atoms with Gasteiger partial charge in [0, 0.05) is 32.7 Å². The summed E-state index contributed by atoms with van der Waals surface area (Å²) in [5.74, 6) is -0.745. The molecule has 0 spiro atoms. The van der Waals surface area contributed by atoms with Gasteiger partial charge in [-0.1, -0.05) is 30.3 Å². The summed E-state index contributed by atoms with van der Waals surface area (Å²) in [5.41, 5.74) is 1.12. The molecule has 0 aliphatic carbocycles. The second-order valence-corrected chi connectivity index (χ2v) is 8.66. The van der Waals surface area contributed by atoms with Crippen molar-refractivity contribution in [1.82, 2.24) is 15.5 Å². The number of nitrogens with zero attached hydrogens (tertiary/aromatic N) is 1. The van der Waals surface area contributed by atoms with Crippen LogP contribution in [0.5, 0.6) is 0 Å². The molecule has 1 heterocycles. The highest BCUT2D eigenvalue weighted by Crippen LogP contribution is 2.04. The van der Waals surface area contributed by atoms with Crippen LogP contribution in [0.2, 0.25) is 0 Å². The lowest BCUT2D eigenvalue weighted by Gasteiger charge is -2.27. The van der Waals surface area contributed by atoms with Crippen LogP contribution >= 0.6 is 0 Å². The number of piperazine rings is 1. The number of aryl methyl sites for hydroxylation is 1. The number of nitrogens with one attached hydrogen (secondary N) is 2. The predicted molar refractivity (Wildman–Crippen MR) is 100 cm³/mol. The summed E-state index contributed by atoms with van der Waals surface area (Å²) in [6, 6.07) is 9.79. The molecule has 1 fully saturated rings. The first-order valence-electron chi connectivity index (χ1n) is 8.99. The minimum absolute atomic E-state index is 0.0517. The van der Waals surface area contributed by atoms with E-state index in [4.69, 9.17) is 0 Å². The van der Waals surface area contributed by atoms with Crippen LogP contribution < -0.4 is 10.6 Å². The fourth-order valence-electron chi connectivity index (χ4n) is 2.93. The second-order valence-electron chi connectivity index (χ2n) is 6.48. The van der Waals surface area contributed by atoms with Crippen LogP contribution in [0.25, 0.3) is 0 Å². The van der Waals surface area contributed by atoms with Crippen molar-refractivity contribution < 1.29 is 13.2 Å². The molecule has 1 aromatic rings. The van der Waals surface area contributed by atoms with E-state index in [1.807, 2.05) is 30.3 Å². The van der Waals surface area contributed by atoms with E-state index in [2.05, 4.69) is 15.5 Å². The molecule has 1 aliphatic rings. The Morgan fingerprint density at radius 1 is 1.12 bits per heavy atom. The van der Waals surface area contributed by atoms with E-state index in [0.717, 1.165) is 44.7 Å². The zero-order valence-electron chi connectivity index (χ0n) is 14.7. The molecular weight excluding hydrogens is 338 g/mol. The summed E-state index contributed by atoms with van der Waals surface area (Å²) < 4.78 is 24.1. The minimum Gasteiger partial charge on any atom is -0.355 e. The van der Waals surface area contributed by atoms with Gasteiger partial charge in [-0.2, -0.15) is 0 Å². The summed E-state index contributed by atoms with van der Waals surface area (Å²) in [6.45, 7) is 5.54. The molecule has 25 heavy (non-hydrogen) atoms. The Bertz CT molecular complexity index is 614. The number of hydrogen-bond acceptors (Lipinski definition) is 5. The number of sulfone groups is 1. The van der Waals surface area contributed by atoms with Gasteiger partial charge in [0.25, 0.3) is 0 Å². The molecule has 0 unspecified atom stereocenters. The highest BCUT2D eigenvalue weighted by atomic mass is 32.2. The maximum absolute atomic E-state index is 12.0. The van der Waals surface area contributed by atoms with E-state index in [1.54, 1.807) is 0 Å². The molecule has 7 heteroatoms. The maximum atomic E-state index is 12.0. The minimum atomic E-state index is -3.34. The third-order valence-corrected chi connectivity index (χ3v) is 5.91. The Morgan fingerprint density at radius 3 is 2.56 bits per heavy atom. The van der Waals surface area contributed by atoms with Crippen molar-refractivity contribution in [3.8, 4) is 0 Å². The molecule has 0 bridgehead atoms. The van der Waals surface area contributed by atoms with Crippen molar-refractivity contribution in [2.45, 2.75) is 19.3 Å². The lowest BCUT2D eigenvalue weighted by Crippen LogP contribution is -2.44. The average Bonchev–Trinajstić information content (AvgIpc) is 2.60. The quantitative estimate of drug-likeness (QED) is 0.587. The molecule has 2 N–H and O–H groups in total. The Balaban J connectivity index is 1.58. The Labute approximate surface area is 150 Å². The monoisotopic (exact) mass is 367 g/mol. The zero-order valence-corrected chi connectivity index (χ0v) is 15.6. The van der Waals surface area contributed by atoms with Crippen LogP contribution in [0.1, 0.15) is 18.4 Å². The van der Waals surface area contributed by atoms with Gasteiger partial charge in [0.15, 0.2) is 9.84 Å². The molecule has 0 atom stereocenters. The predicted octanol–water partition coefficient (Wildman–Crippen LogP) is 0.446. The van der Waals surface area contributed by atoms with Crippen LogP contribution in [0.15, 0.2) is 30.3 Å². The van der Waals surface area contributed by atoms with Crippen LogP contribution in [-0.2, 0) is 21.1 Å². The standard InChI is InChI=1S/C18H29N3O3S/c22-18(20-9-5-12-21-13-10-19-11-14-21)16-25(23,24)15-4-8-17-6-2-1-3-7-17/h1-3,6-7,19H,4-5,8-16H2,(H,20,22). The van der Waals surface area contributed by atoms with Gasteiger partial charge < -0.3 is 15.5 Å². The van der Waals surface area contributed by atoms with Crippen LogP contribution in [0.4, 0.5) is 0 Å². The zero-order chi connectivity index (χ0) is 18.0. The van der Waals surface area contributed by atoms with Gasteiger partial charge >= 0.3 is 0 Å². The van der Waals surface area contributed by atoms with E-state index in [-0.39, 0.29) is 11.7 Å². The number of carbonyl (C=O) groups excluding carboxylic acids is 1. The molecule has 1 saturated heterocycles. The Hall–Kier alpha value is -1.44. The first kappa shape index (κ1) is 19.9. The molecule has 1 aromatic carbocycles. The van der Waals surface area contributed by atoms with Gasteiger partial charge in [-0.25, -0.2) is 8.42 Å². The topological polar surface area (TPSA) is 78.5 Å². The van der Waals surface area contributed by atoms with E-state index in [0.29, 0.717) is 19.4 Å². The van der Waals surface area contributed by atoms with Crippen molar-refractivity contribution in [3.63, 3.8) is 0 Å². The largest absolute Gasteiger partial charge is 0.355 e. The number of benzene rings is 1. The van der Waals surface area contributed by atoms with Crippen molar-refractivity contribution >= 4 is 15.7 Å². The van der Waals surface area contributed by atoms with Gasteiger partial charge in [0.2, 0.25) is 5.91 Å². The molecule has 2 rings (SSSR count). The SMILES string of the molecule is O=C(CS(=O)(=O)CCCc1ccccc1)NCCCN1CCNCC1. The number of amides is 1. The van der Waals surface area contributed by atoms with Gasteiger partial charge in [-0.05, 0) is 31.4 Å². The first-order chi connectivity index (χ1) is 12.1. The molecule has 1 amide bonds. The van der Waals surface area contributed by atoms with E-state index < -0.39 is 15.6 Å². The maximum Gasteiger partial charge on any atom is 0.235 e. The summed E-state index contributed by atoms with van der Waals surface area (Å²) in [5, 5.41) is 6.02. The van der Waals surface area contributed by atoms with Gasteiger partial charge in [-0.15, -0.1) is 0 Å². The van der Waals surface area contributed by atoms with E-state index >= 15 is 0 Å². The smallest absolute Gasteiger partial charge is 0.235 e. The lowest BCUT2D eigenvalue weighted by atomic mass is 10.1.